The van der Waals surface area contributed by atoms with Gasteiger partial charge in [0.05, 0.1) is 5.03 Å². The molecule has 0 radical (unpaired) electrons. The Labute approximate surface area is 236 Å². The van der Waals surface area contributed by atoms with Gasteiger partial charge in [-0.25, -0.2) is 4.99 Å². The van der Waals surface area contributed by atoms with Gasteiger partial charge in [0.25, 0.3) is 0 Å². The van der Waals surface area contributed by atoms with Crippen molar-refractivity contribution in [3.63, 3.8) is 0 Å². The lowest BCUT2D eigenvalue weighted by molar-refractivity contribution is -0.131. The van der Waals surface area contributed by atoms with Gasteiger partial charge in [0.15, 0.2) is 0 Å². The Kier molecular flexibility index (Phi) is 15.2. The summed E-state index contributed by atoms with van der Waals surface area (Å²) in [6.07, 6.45) is 8.45. The van der Waals surface area contributed by atoms with E-state index in [4.69, 9.17) is 0 Å². The predicted octanol–water partition coefficient (Wildman–Crippen LogP) is 7.55. The fraction of sp³-hybridized carbons (Fsp3) is 0.438. The molecular weight excluding hydrogens is 488 g/mol. The van der Waals surface area contributed by atoms with Gasteiger partial charge in [-0.1, -0.05) is 75.1 Å². The van der Waals surface area contributed by atoms with Gasteiger partial charge in [0.2, 0.25) is 5.91 Å². The number of rotatable bonds is 17. The third kappa shape index (κ3) is 12.0. The van der Waals surface area contributed by atoms with Crippen LogP contribution in [0.4, 0.5) is 0 Å². The van der Waals surface area contributed by atoms with Crippen LogP contribution in [-0.2, 0) is 10.5 Å². The lowest BCUT2D eigenvalue weighted by atomic mass is 10.0. The van der Waals surface area contributed by atoms with Crippen molar-refractivity contribution in [2.24, 2.45) is 4.99 Å². The van der Waals surface area contributed by atoms with E-state index in [9.17, 15) is 4.79 Å². The normalized spacial score (nSPS) is 12.0. The first-order chi connectivity index (χ1) is 18.0. The summed E-state index contributed by atoms with van der Waals surface area (Å²) >= 11 is 1.65. The summed E-state index contributed by atoms with van der Waals surface area (Å²) in [6, 6.07) is 8.53. The molecule has 1 aromatic carbocycles. The van der Waals surface area contributed by atoms with Crippen molar-refractivity contribution in [3.8, 4) is 0 Å². The first-order valence-electron chi connectivity index (χ1n) is 13.4. The Morgan fingerprint density at radius 3 is 2.16 bits per heavy atom. The molecule has 1 amide bonds. The molecule has 1 aromatic rings. The number of carbonyl (C=O) groups excluding carboxylic acids is 1. The third-order valence-electron chi connectivity index (χ3n) is 6.01. The van der Waals surface area contributed by atoms with Crippen LogP contribution in [0.3, 0.4) is 0 Å². The van der Waals surface area contributed by atoms with Gasteiger partial charge < -0.3 is 14.7 Å². The van der Waals surface area contributed by atoms with Crippen molar-refractivity contribution in [2.45, 2.75) is 59.6 Å². The average Bonchev–Trinajstić information content (AvgIpc) is 2.88. The zero-order valence-electron chi connectivity index (χ0n) is 24.7. The second kappa shape index (κ2) is 17.5. The Bertz CT molecular complexity index is 1030. The molecule has 38 heavy (non-hydrogen) atoms. The summed E-state index contributed by atoms with van der Waals surface area (Å²) in [5.74, 6) is 1.58. The Morgan fingerprint density at radius 1 is 1.05 bits per heavy atom. The van der Waals surface area contributed by atoms with E-state index in [2.05, 4.69) is 69.8 Å². The van der Waals surface area contributed by atoms with Crippen molar-refractivity contribution in [1.29, 1.82) is 0 Å². The SMILES string of the molecule is C=C(C)/C(=C\N(CC(=O)N(CCC)CCC)C(=C)SCc1ccc(C)cc1)CC(/C=N\C(=C)N(C)C)=C/C. The highest BCUT2D eigenvalue weighted by atomic mass is 32.2. The van der Waals surface area contributed by atoms with E-state index in [-0.39, 0.29) is 12.5 Å². The third-order valence-corrected chi connectivity index (χ3v) is 7.06. The van der Waals surface area contributed by atoms with Gasteiger partial charge >= 0.3 is 0 Å². The largest absolute Gasteiger partial charge is 0.363 e. The molecule has 208 valence electrons. The number of amides is 1. The molecule has 0 heterocycles. The lowest BCUT2D eigenvalue weighted by Gasteiger charge is -2.28. The molecule has 5 nitrogen and oxygen atoms in total. The molecule has 1 rings (SSSR count). The van der Waals surface area contributed by atoms with Crippen LogP contribution in [0.25, 0.3) is 0 Å². The van der Waals surface area contributed by atoms with E-state index in [0.717, 1.165) is 53.4 Å². The quantitative estimate of drug-likeness (QED) is 0.152. The fourth-order valence-electron chi connectivity index (χ4n) is 3.50. The molecule has 0 aliphatic rings. The van der Waals surface area contributed by atoms with E-state index in [1.807, 2.05) is 61.1 Å². The topological polar surface area (TPSA) is 39.2 Å². The van der Waals surface area contributed by atoms with Gasteiger partial charge in [-0.15, -0.1) is 11.8 Å². The highest BCUT2D eigenvalue weighted by molar-refractivity contribution is 8.02. The zero-order chi connectivity index (χ0) is 28.7. The second-order valence-electron chi connectivity index (χ2n) is 9.72. The van der Waals surface area contributed by atoms with E-state index >= 15 is 0 Å². The van der Waals surface area contributed by atoms with Crippen LogP contribution in [0.2, 0.25) is 0 Å². The van der Waals surface area contributed by atoms with Gasteiger partial charge in [-0.3, -0.25) is 4.79 Å². The number of thioether (sulfide) groups is 1. The lowest BCUT2D eigenvalue weighted by Crippen LogP contribution is -2.39. The van der Waals surface area contributed by atoms with Crippen LogP contribution in [0.15, 0.2) is 88.8 Å². The average molecular weight is 537 g/mol. The summed E-state index contributed by atoms with van der Waals surface area (Å²) in [7, 11) is 3.84. The molecule has 0 bridgehead atoms. The maximum absolute atomic E-state index is 13.4. The van der Waals surface area contributed by atoms with Crippen molar-refractivity contribution in [3.05, 3.63) is 95.0 Å². The maximum atomic E-state index is 13.4. The van der Waals surface area contributed by atoms with E-state index in [0.29, 0.717) is 12.2 Å². The number of benzene rings is 1. The molecular formula is C32H48N4OS. The van der Waals surface area contributed by atoms with E-state index in [1.54, 1.807) is 11.8 Å². The van der Waals surface area contributed by atoms with Crippen molar-refractivity contribution in [1.82, 2.24) is 14.7 Å². The highest BCUT2D eigenvalue weighted by Gasteiger charge is 2.18. The van der Waals surface area contributed by atoms with Crippen LogP contribution in [-0.4, -0.2) is 60.6 Å². The van der Waals surface area contributed by atoms with Gasteiger partial charge in [-0.2, -0.15) is 0 Å². The zero-order valence-corrected chi connectivity index (χ0v) is 25.5. The first kappa shape index (κ1) is 33.0. The minimum Gasteiger partial charge on any atom is -0.363 e. The minimum absolute atomic E-state index is 0.109. The number of carbonyl (C=O) groups is 1. The van der Waals surface area contributed by atoms with Gasteiger partial charge in [0, 0.05) is 51.8 Å². The molecule has 6 heteroatoms. The van der Waals surface area contributed by atoms with Gasteiger partial charge in [0.1, 0.15) is 12.4 Å². The van der Waals surface area contributed by atoms with Crippen LogP contribution >= 0.6 is 11.8 Å². The van der Waals surface area contributed by atoms with Crippen LogP contribution < -0.4 is 0 Å². The summed E-state index contributed by atoms with van der Waals surface area (Å²) in [5, 5.41) is 0.835. The maximum Gasteiger partial charge on any atom is 0.242 e. The predicted molar refractivity (Wildman–Crippen MR) is 168 cm³/mol. The first-order valence-corrected chi connectivity index (χ1v) is 14.3. The van der Waals surface area contributed by atoms with Crippen LogP contribution in [0.1, 0.15) is 58.1 Å². The van der Waals surface area contributed by atoms with Crippen molar-refractivity contribution < 1.29 is 4.79 Å². The molecule has 0 atom stereocenters. The van der Waals surface area contributed by atoms with E-state index in [1.165, 1.54) is 11.1 Å². The molecule has 0 saturated carbocycles. The van der Waals surface area contributed by atoms with Crippen molar-refractivity contribution >= 4 is 23.9 Å². The number of nitrogens with zero attached hydrogens (tertiary/aromatic N) is 4. The molecule has 0 unspecified atom stereocenters. The van der Waals surface area contributed by atoms with Crippen molar-refractivity contribution in [2.75, 3.05) is 33.7 Å². The summed E-state index contributed by atoms with van der Waals surface area (Å²) < 4.78 is 0. The Balaban J connectivity index is 3.26. The summed E-state index contributed by atoms with van der Waals surface area (Å²) in [5.41, 5.74) is 5.48. The fourth-order valence-corrected chi connectivity index (χ4v) is 4.31. The number of hydrogen-bond donors (Lipinski definition) is 0. The number of aliphatic imine (C=N–C) groups is 1. The number of hydrogen-bond acceptors (Lipinski definition) is 5. The number of allylic oxidation sites excluding steroid dienone is 4. The minimum atomic E-state index is 0.109. The molecule has 0 spiro atoms. The smallest absolute Gasteiger partial charge is 0.242 e. The summed E-state index contributed by atoms with van der Waals surface area (Å²) in [4.78, 5) is 23.7. The molecule has 0 N–H and O–H groups in total. The Morgan fingerprint density at radius 2 is 1.66 bits per heavy atom. The molecule has 0 fully saturated rings. The van der Waals surface area contributed by atoms with Gasteiger partial charge in [-0.05, 0) is 50.3 Å². The Hall–Kier alpha value is -2.99. The monoisotopic (exact) mass is 536 g/mol. The van der Waals surface area contributed by atoms with Crippen LogP contribution in [0.5, 0.6) is 0 Å². The summed E-state index contributed by atoms with van der Waals surface area (Å²) in [6.45, 7) is 24.6. The molecule has 0 aromatic heterocycles. The van der Waals surface area contributed by atoms with Crippen LogP contribution in [0, 0.1) is 6.92 Å². The molecule has 0 saturated heterocycles. The van der Waals surface area contributed by atoms with E-state index < -0.39 is 0 Å². The standard InChI is InChI=1S/C32H48N4OS/c1-11-18-35(19-12-2)32(37)23-36(28(8)38-24-30-16-14-26(6)15-17-30)22-31(25(4)5)20-29(13-3)21-33-27(7)34(9)10/h13-17,21-22H,4,7-8,11-12,18-20,23-24H2,1-3,5-6,9-10H3/b29-13-,31-22-,33-21-. The highest BCUT2D eigenvalue weighted by Crippen LogP contribution is 2.27. The molecule has 0 aliphatic heterocycles. The second-order valence-corrected chi connectivity index (χ2v) is 10.8. The number of aryl methyl sites for hydroxylation is 1. The molecule has 0 aliphatic carbocycles.